The Hall–Kier alpha value is -5.08. The minimum Gasteiger partial charge on any atom is -0.310 e. The Morgan fingerprint density at radius 3 is 0.911 bits per heavy atom. The minimum atomic E-state index is 1.13. The summed E-state index contributed by atoms with van der Waals surface area (Å²) in [7, 11) is 0. The van der Waals surface area contributed by atoms with E-state index in [4.69, 9.17) is 0 Å². The molecule has 56 heavy (non-hydrogen) atoms. The van der Waals surface area contributed by atoms with Gasteiger partial charge in [0.05, 0.1) is 0 Å². The first kappa shape index (κ1) is 40.6. The smallest absolute Gasteiger partial charge is 0.0464 e. The lowest BCUT2D eigenvalue weighted by atomic mass is 10.0. The molecule has 0 N–H and O–H groups in total. The molecule has 0 unspecified atom stereocenters. The second kappa shape index (κ2) is 20.2. The summed E-state index contributed by atoms with van der Waals surface area (Å²) in [6.07, 6.45) is 14.3. The molecule has 6 rings (SSSR count). The van der Waals surface area contributed by atoms with Gasteiger partial charge in [-0.2, -0.15) is 0 Å². The predicted molar refractivity (Wildman–Crippen MR) is 245 cm³/mol. The van der Waals surface area contributed by atoms with Gasteiger partial charge in [-0.15, -0.1) is 0 Å². The van der Waals surface area contributed by atoms with Crippen LogP contribution in [0.3, 0.4) is 0 Å². The van der Waals surface area contributed by atoms with Crippen LogP contribution in [-0.2, 0) is 25.7 Å². The van der Waals surface area contributed by atoms with Gasteiger partial charge in [-0.1, -0.05) is 114 Å². The summed E-state index contributed by atoms with van der Waals surface area (Å²) in [5, 5.41) is 0. The fourth-order valence-electron chi connectivity index (χ4n) is 7.82. The third-order valence-electron chi connectivity index (χ3n) is 11.4. The molecule has 0 amide bonds. The van der Waals surface area contributed by atoms with E-state index in [1.807, 2.05) is 0 Å². The van der Waals surface area contributed by atoms with Gasteiger partial charge in [0.15, 0.2) is 0 Å². The number of unbranched alkanes of at least 4 members (excludes halogenated alkanes) is 4. The van der Waals surface area contributed by atoms with Gasteiger partial charge >= 0.3 is 0 Å². The molecule has 0 bridgehead atoms. The van der Waals surface area contributed by atoms with Crippen molar-refractivity contribution < 1.29 is 0 Å². The van der Waals surface area contributed by atoms with Gasteiger partial charge in [-0.3, -0.25) is 0 Å². The van der Waals surface area contributed by atoms with E-state index < -0.39 is 0 Å². The van der Waals surface area contributed by atoms with E-state index in [0.29, 0.717) is 0 Å². The molecule has 0 heterocycles. The first-order valence-corrected chi connectivity index (χ1v) is 21.6. The number of benzene rings is 6. The van der Waals surface area contributed by atoms with Gasteiger partial charge in [0.25, 0.3) is 0 Å². The van der Waals surface area contributed by atoms with E-state index in [1.165, 1.54) is 130 Å². The lowest BCUT2D eigenvalue weighted by Gasteiger charge is -2.27. The van der Waals surface area contributed by atoms with Gasteiger partial charge < -0.3 is 9.80 Å². The monoisotopic (exact) mass is 741 g/mol. The zero-order valence-corrected chi connectivity index (χ0v) is 35.1. The van der Waals surface area contributed by atoms with Crippen molar-refractivity contribution in [2.24, 2.45) is 0 Å². The average molecular weight is 741 g/mol. The molecule has 0 aliphatic rings. The van der Waals surface area contributed by atoms with Crippen molar-refractivity contribution in [3.63, 3.8) is 0 Å². The second-order valence-corrected chi connectivity index (χ2v) is 15.7. The van der Waals surface area contributed by atoms with Gasteiger partial charge in [-0.25, -0.2) is 0 Å². The fourth-order valence-corrected chi connectivity index (χ4v) is 7.82. The molecule has 0 aromatic heterocycles. The van der Waals surface area contributed by atoms with E-state index in [-0.39, 0.29) is 0 Å². The quantitative estimate of drug-likeness (QED) is 0.0816. The molecular weight excluding hydrogens is 677 g/mol. The SMILES string of the molecule is CCCCc1ccc(N(c2ccc(-c3ccc(N(c4ccc(CCCC)cc4)c4ccc(CCCC)c(C)c4)cc3)cc2)c2ccc(CCCC)c(C)c2)cc1. The Kier molecular flexibility index (Phi) is 14.6. The van der Waals surface area contributed by atoms with Crippen molar-refractivity contribution in [3.05, 3.63) is 167 Å². The topological polar surface area (TPSA) is 6.48 Å². The Morgan fingerprint density at radius 2 is 0.607 bits per heavy atom. The maximum Gasteiger partial charge on any atom is 0.0464 e. The first-order chi connectivity index (χ1) is 27.4. The molecule has 2 heteroatoms. The molecule has 6 aromatic carbocycles. The molecule has 0 aliphatic heterocycles. The van der Waals surface area contributed by atoms with Crippen molar-refractivity contribution in [2.45, 2.75) is 119 Å². The fraction of sp³-hybridized carbons (Fsp3) is 0.333. The van der Waals surface area contributed by atoms with E-state index >= 15 is 0 Å². The normalized spacial score (nSPS) is 11.2. The van der Waals surface area contributed by atoms with Crippen molar-refractivity contribution in [1.29, 1.82) is 0 Å². The third-order valence-corrected chi connectivity index (χ3v) is 11.4. The first-order valence-electron chi connectivity index (χ1n) is 21.6. The summed E-state index contributed by atoms with van der Waals surface area (Å²) in [5.74, 6) is 0. The van der Waals surface area contributed by atoms with Crippen LogP contribution >= 0.6 is 0 Å². The number of anilines is 6. The van der Waals surface area contributed by atoms with Gasteiger partial charge in [0, 0.05) is 34.1 Å². The summed E-state index contributed by atoms with van der Waals surface area (Å²) in [6.45, 7) is 13.6. The number of aryl methyl sites for hydroxylation is 6. The van der Waals surface area contributed by atoms with Crippen LogP contribution in [0.15, 0.2) is 133 Å². The maximum atomic E-state index is 2.41. The largest absolute Gasteiger partial charge is 0.310 e. The van der Waals surface area contributed by atoms with Gasteiger partial charge in [0.2, 0.25) is 0 Å². The lowest BCUT2D eigenvalue weighted by molar-refractivity contribution is 0.791. The highest BCUT2D eigenvalue weighted by atomic mass is 15.1. The van der Waals surface area contributed by atoms with E-state index in [9.17, 15) is 0 Å². The van der Waals surface area contributed by atoms with Crippen molar-refractivity contribution in [3.8, 4) is 11.1 Å². The molecule has 290 valence electrons. The number of nitrogens with zero attached hydrogens (tertiary/aromatic N) is 2. The third kappa shape index (κ3) is 10.2. The maximum absolute atomic E-state index is 2.41. The molecule has 0 saturated carbocycles. The summed E-state index contributed by atoms with van der Waals surface area (Å²) in [5.41, 5.74) is 18.0. The number of rotatable bonds is 19. The van der Waals surface area contributed by atoms with Crippen LogP contribution in [0.25, 0.3) is 11.1 Å². The Bertz CT molecular complexity index is 1940. The molecule has 0 saturated heterocycles. The van der Waals surface area contributed by atoms with Crippen LogP contribution < -0.4 is 9.80 Å². The zero-order valence-electron chi connectivity index (χ0n) is 35.1. The summed E-state index contributed by atoms with van der Waals surface area (Å²) >= 11 is 0. The van der Waals surface area contributed by atoms with Crippen LogP contribution in [0.1, 0.15) is 112 Å². The molecule has 0 spiro atoms. The van der Waals surface area contributed by atoms with Gasteiger partial charge in [0.1, 0.15) is 0 Å². The van der Waals surface area contributed by atoms with Crippen LogP contribution in [0.2, 0.25) is 0 Å². The molecule has 0 atom stereocenters. The predicted octanol–water partition coefficient (Wildman–Crippen LogP) is 16.3. The molecular formula is C54H64N2. The minimum absolute atomic E-state index is 1.13. The van der Waals surface area contributed by atoms with Crippen LogP contribution in [0, 0.1) is 13.8 Å². The highest BCUT2D eigenvalue weighted by Gasteiger charge is 2.17. The number of hydrogen-bond donors (Lipinski definition) is 0. The Balaban J connectivity index is 1.30. The standard InChI is InChI=1S/C54H64N2/c1-7-11-15-43-19-29-49(30-20-43)55(53-37-23-45(17-13-9-3)41(5)39-53)51-33-25-47(26-34-51)48-27-35-52(36-28-48)56(50-31-21-44(22-32-50)16-12-8-2)54-38-24-46(18-14-10-4)42(6)40-54/h19-40H,7-18H2,1-6H3. The van der Waals surface area contributed by atoms with Crippen molar-refractivity contribution >= 4 is 34.1 Å². The highest BCUT2D eigenvalue weighted by molar-refractivity contribution is 5.81. The van der Waals surface area contributed by atoms with Crippen LogP contribution in [0.5, 0.6) is 0 Å². The summed E-state index contributed by atoms with van der Waals surface area (Å²) in [4.78, 5) is 4.82. The van der Waals surface area contributed by atoms with Gasteiger partial charge in [-0.05, 0) is 183 Å². The van der Waals surface area contributed by atoms with E-state index in [0.717, 1.165) is 25.7 Å². The average Bonchev–Trinajstić information content (AvgIpc) is 3.23. The Morgan fingerprint density at radius 1 is 0.321 bits per heavy atom. The molecule has 2 nitrogen and oxygen atoms in total. The van der Waals surface area contributed by atoms with E-state index in [2.05, 4.69) is 185 Å². The summed E-state index contributed by atoms with van der Waals surface area (Å²) < 4.78 is 0. The van der Waals surface area contributed by atoms with Crippen molar-refractivity contribution in [1.82, 2.24) is 0 Å². The Labute approximate surface area is 339 Å². The van der Waals surface area contributed by atoms with Crippen LogP contribution in [0.4, 0.5) is 34.1 Å². The van der Waals surface area contributed by atoms with Crippen LogP contribution in [-0.4, -0.2) is 0 Å². The van der Waals surface area contributed by atoms with E-state index in [1.54, 1.807) is 0 Å². The molecule has 0 radical (unpaired) electrons. The molecule has 0 fully saturated rings. The molecule has 6 aromatic rings. The zero-order chi connectivity index (χ0) is 39.3. The lowest BCUT2D eigenvalue weighted by Crippen LogP contribution is -2.11. The highest BCUT2D eigenvalue weighted by Crippen LogP contribution is 2.39. The summed E-state index contributed by atoms with van der Waals surface area (Å²) in [6, 6.07) is 50.7. The molecule has 0 aliphatic carbocycles. The second-order valence-electron chi connectivity index (χ2n) is 15.7. The van der Waals surface area contributed by atoms with Crippen molar-refractivity contribution in [2.75, 3.05) is 9.80 Å². The number of hydrogen-bond acceptors (Lipinski definition) is 2.